The molecule has 2 aromatic rings. The van der Waals surface area contributed by atoms with Crippen molar-refractivity contribution >= 4 is 46.8 Å². The largest absolute Gasteiger partial charge is 0.496 e. The van der Waals surface area contributed by atoms with Gasteiger partial charge in [-0.1, -0.05) is 29.8 Å². The van der Waals surface area contributed by atoms with Crippen LogP contribution in [0, 0.1) is 6.92 Å². The van der Waals surface area contributed by atoms with Gasteiger partial charge in [0.2, 0.25) is 5.91 Å². The number of thiocarbonyl (C=S) groups is 1. The first kappa shape index (κ1) is 22.2. The number of benzene rings is 2. The minimum Gasteiger partial charge on any atom is -0.496 e. The normalized spacial score (nSPS) is 10.3. The van der Waals surface area contributed by atoms with E-state index in [0.717, 1.165) is 11.1 Å². The van der Waals surface area contributed by atoms with Gasteiger partial charge in [0.25, 0.3) is 5.91 Å². The molecule has 7 nitrogen and oxygen atoms in total. The van der Waals surface area contributed by atoms with Gasteiger partial charge in [0.1, 0.15) is 11.5 Å². The van der Waals surface area contributed by atoms with Crippen LogP contribution in [0.25, 0.3) is 6.08 Å². The van der Waals surface area contributed by atoms with Gasteiger partial charge >= 0.3 is 0 Å². The Hall–Kier alpha value is -3.10. The predicted molar refractivity (Wildman–Crippen MR) is 116 cm³/mol. The molecule has 0 aliphatic heterocycles. The van der Waals surface area contributed by atoms with E-state index in [1.165, 1.54) is 6.08 Å². The summed E-state index contributed by atoms with van der Waals surface area (Å²) in [5.74, 6) is 0.217. The number of hydrogen-bond donors (Lipinski definition) is 3. The van der Waals surface area contributed by atoms with Crippen LogP contribution in [0.15, 0.2) is 48.5 Å². The summed E-state index contributed by atoms with van der Waals surface area (Å²) in [4.78, 5) is 23.7. The average Bonchev–Trinajstić information content (AvgIpc) is 2.71. The zero-order valence-electron chi connectivity index (χ0n) is 15.8. The number of carbonyl (C=O) groups excluding carboxylic acids is 2. The Morgan fingerprint density at radius 1 is 1.17 bits per heavy atom. The maximum atomic E-state index is 11.9. The molecule has 2 rings (SSSR count). The number of nitrogens with one attached hydrogen (secondary N) is 3. The van der Waals surface area contributed by atoms with Gasteiger partial charge in [-0.2, -0.15) is 0 Å². The predicted octanol–water partition coefficient (Wildman–Crippen LogP) is 2.77. The Morgan fingerprint density at radius 3 is 2.66 bits per heavy atom. The molecule has 0 radical (unpaired) electrons. The molecular formula is C20H20ClN3O4S. The van der Waals surface area contributed by atoms with E-state index in [-0.39, 0.29) is 11.7 Å². The molecular weight excluding hydrogens is 414 g/mol. The van der Waals surface area contributed by atoms with Crippen molar-refractivity contribution in [3.63, 3.8) is 0 Å². The fourth-order valence-electron chi connectivity index (χ4n) is 2.17. The number of aryl methyl sites for hydroxylation is 1. The van der Waals surface area contributed by atoms with E-state index in [2.05, 4.69) is 16.2 Å². The molecule has 29 heavy (non-hydrogen) atoms. The number of methoxy groups -OCH3 is 1. The fourth-order valence-corrected chi connectivity index (χ4v) is 2.44. The van der Waals surface area contributed by atoms with E-state index in [9.17, 15) is 9.59 Å². The molecule has 0 unspecified atom stereocenters. The standard InChI is InChI=1S/C20H20ClN3O4S/c1-13-11-15(8-9-16(13)21)28-12-19(26)23-24-20(29)22-18(25)10-7-14-5-3-4-6-17(14)27-2/h3-11H,12H2,1-2H3,(H,23,26)(H2,22,24,25,29)/b10-7+. The van der Waals surface area contributed by atoms with Crippen molar-refractivity contribution in [1.29, 1.82) is 0 Å². The summed E-state index contributed by atoms with van der Waals surface area (Å²) in [6, 6.07) is 12.3. The van der Waals surface area contributed by atoms with Crippen molar-refractivity contribution in [2.24, 2.45) is 0 Å². The summed E-state index contributed by atoms with van der Waals surface area (Å²) < 4.78 is 10.6. The van der Waals surface area contributed by atoms with Gasteiger partial charge in [-0.25, -0.2) is 0 Å². The first-order valence-corrected chi connectivity index (χ1v) is 9.27. The second kappa shape index (κ2) is 11.0. The summed E-state index contributed by atoms with van der Waals surface area (Å²) >= 11 is 10.9. The molecule has 2 aromatic carbocycles. The smallest absolute Gasteiger partial charge is 0.276 e. The molecule has 3 N–H and O–H groups in total. The van der Waals surface area contributed by atoms with Crippen molar-refractivity contribution < 1.29 is 19.1 Å². The summed E-state index contributed by atoms with van der Waals surface area (Å²) in [6.07, 6.45) is 2.90. The zero-order valence-corrected chi connectivity index (χ0v) is 17.4. The Balaban J connectivity index is 1.74. The number of amides is 2. The molecule has 9 heteroatoms. The van der Waals surface area contributed by atoms with E-state index < -0.39 is 11.8 Å². The average molecular weight is 434 g/mol. The molecule has 0 atom stereocenters. The van der Waals surface area contributed by atoms with Gasteiger partial charge in [0, 0.05) is 16.7 Å². The van der Waals surface area contributed by atoms with Gasteiger partial charge in [0.05, 0.1) is 7.11 Å². The van der Waals surface area contributed by atoms with Gasteiger partial charge in [-0.05, 0) is 55.0 Å². The third-order valence-corrected chi connectivity index (χ3v) is 4.23. The summed E-state index contributed by atoms with van der Waals surface area (Å²) in [5.41, 5.74) is 6.35. The number of hydrazine groups is 1. The Kier molecular flexibility index (Phi) is 8.45. The second-order valence-electron chi connectivity index (χ2n) is 5.77. The Labute approximate surface area is 179 Å². The molecule has 152 valence electrons. The molecule has 0 fully saturated rings. The molecule has 0 aliphatic rings. The lowest BCUT2D eigenvalue weighted by Gasteiger charge is -2.11. The van der Waals surface area contributed by atoms with E-state index in [4.69, 9.17) is 33.3 Å². The molecule has 0 aromatic heterocycles. The maximum absolute atomic E-state index is 11.9. The van der Waals surface area contributed by atoms with Crippen LogP contribution in [0.1, 0.15) is 11.1 Å². The molecule has 0 aliphatic carbocycles. The van der Waals surface area contributed by atoms with Gasteiger partial charge in [0.15, 0.2) is 11.7 Å². The van der Waals surface area contributed by atoms with E-state index in [1.54, 1.807) is 37.5 Å². The van der Waals surface area contributed by atoms with Crippen molar-refractivity contribution in [2.75, 3.05) is 13.7 Å². The number of halogens is 1. The molecule has 0 spiro atoms. The molecule has 2 amide bonds. The van der Waals surface area contributed by atoms with Crippen LogP contribution in [-0.2, 0) is 9.59 Å². The molecule has 0 bridgehead atoms. The number of carbonyl (C=O) groups is 2. The van der Waals surface area contributed by atoms with Crippen molar-refractivity contribution in [3.05, 3.63) is 64.7 Å². The number of hydrogen-bond acceptors (Lipinski definition) is 5. The summed E-state index contributed by atoms with van der Waals surface area (Å²) in [5, 5.41) is 2.97. The van der Waals surface area contributed by atoms with Gasteiger partial charge in [-0.3, -0.25) is 25.8 Å². The molecule has 0 heterocycles. The topological polar surface area (TPSA) is 88.7 Å². The summed E-state index contributed by atoms with van der Waals surface area (Å²) in [6.45, 7) is 1.60. The van der Waals surface area contributed by atoms with E-state index >= 15 is 0 Å². The highest BCUT2D eigenvalue weighted by molar-refractivity contribution is 7.80. The minimum atomic E-state index is -0.473. The number of para-hydroxylation sites is 1. The van der Waals surface area contributed by atoms with Gasteiger partial charge < -0.3 is 9.47 Å². The van der Waals surface area contributed by atoms with Crippen LogP contribution in [0.4, 0.5) is 0 Å². The van der Waals surface area contributed by atoms with Crippen LogP contribution in [0.5, 0.6) is 11.5 Å². The quantitative estimate of drug-likeness (QED) is 0.369. The Morgan fingerprint density at radius 2 is 1.93 bits per heavy atom. The van der Waals surface area contributed by atoms with Gasteiger partial charge in [-0.15, -0.1) is 0 Å². The number of ether oxygens (including phenoxy) is 2. The molecule has 0 saturated carbocycles. The van der Waals surface area contributed by atoms with Crippen LogP contribution < -0.4 is 25.6 Å². The van der Waals surface area contributed by atoms with Crippen molar-refractivity contribution in [2.45, 2.75) is 6.92 Å². The highest BCUT2D eigenvalue weighted by Crippen LogP contribution is 2.21. The van der Waals surface area contributed by atoms with Crippen LogP contribution >= 0.6 is 23.8 Å². The fraction of sp³-hybridized carbons (Fsp3) is 0.150. The van der Waals surface area contributed by atoms with Crippen molar-refractivity contribution in [3.8, 4) is 11.5 Å². The zero-order chi connectivity index (χ0) is 21.2. The second-order valence-corrected chi connectivity index (χ2v) is 6.58. The number of rotatable bonds is 6. The lowest BCUT2D eigenvalue weighted by molar-refractivity contribution is -0.123. The lowest BCUT2D eigenvalue weighted by atomic mass is 10.2. The van der Waals surface area contributed by atoms with Crippen LogP contribution in [0.3, 0.4) is 0 Å². The van der Waals surface area contributed by atoms with E-state index in [1.807, 2.05) is 25.1 Å². The first-order valence-electron chi connectivity index (χ1n) is 8.49. The summed E-state index contributed by atoms with van der Waals surface area (Å²) in [7, 11) is 1.55. The van der Waals surface area contributed by atoms with Crippen LogP contribution in [-0.4, -0.2) is 30.6 Å². The van der Waals surface area contributed by atoms with E-state index in [0.29, 0.717) is 16.5 Å². The highest BCUT2D eigenvalue weighted by atomic mass is 35.5. The monoisotopic (exact) mass is 433 g/mol. The third-order valence-electron chi connectivity index (χ3n) is 3.60. The lowest BCUT2D eigenvalue weighted by Crippen LogP contribution is -2.49. The minimum absolute atomic E-state index is 0.0598. The Bertz CT molecular complexity index is 934. The first-order chi connectivity index (χ1) is 13.9. The van der Waals surface area contributed by atoms with Crippen LogP contribution in [0.2, 0.25) is 5.02 Å². The molecule has 0 saturated heterocycles. The van der Waals surface area contributed by atoms with Crippen molar-refractivity contribution in [1.82, 2.24) is 16.2 Å². The third kappa shape index (κ3) is 7.44. The highest BCUT2D eigenvalue weighted by Gasteiger charge is 2.06. The maximum Gasteiger partial charge on any atom is 0.276 e. The SMILES string of the molecule is COc1ccccc1/C=C/C(=O)NC(=S)NNC(=O)COc1ccc(Cl)c(C)c1.